The first kappa shape index (κ1) is 31.4. The van der Waals surface area contributed by atoms with Gasteiger partial charge in [0.25, 0.3) is 0 Å². The summed E-state index contributed by atoms with van der Waals surface area (Å²) in [4.78, 5) is 2.35. The van der Waals surface area contributed by atoms with Gasteiger partial charge in [0, 0.05) is 33.9 Å². The van der Waals surface area contributed by atoms with Gasteiger partial charge in [0.15, 0.2) is 0 Å². The van der Waals surface area contributed by atoms with Crippen molar-refractivity contribution in [1.82, 2.24) is 0 Å². The molecule has 0 spiro atoms. The average molecular weight is 702 g/mol. The predicted molar refractivity (Wildman–Crippen MR) is 229 cm³/mol. The minimum Gasteiger partial charge on any atom is -0.456 e. The van der Waals surface area contributed by atoms with Crippen LogP contribution in [0.1, 0.15) is 22.3 Å². The van der Waals surface area contributed by atoms with Gasteiger partial charge in [0.05, 0.1) is 5.41 Å². The number of para-hydroxylation sites is 1. The first-order valence-electron chi connectivity index (χ1n) is 18.9. The molecule has 0 bridgehead atoms. The fourth-order valence-electron chi connectivity index (χ4n) is 9.06. The van der Waals surface area contributed by atoms with Crippen LogP contribution in [0.5, 0.6) is 0 Å². The van der Waals surface area contributed by atoms with Gasteiger partial charge in [-0.05, 0) is 104 Å². The summed E-state index contributed by atoms with van der Waals surface area (Å²) in [6.07, 6.45) is 0. The molecule has 0 atom stereocenters. The normalized spacial score (nSPS) is 12.9. The second-order valence-corrected chi connectivity index (χ2v) is 14.5. The molecule has 2 heteroatoms. The molecule has 0 radical (unpaired) electrons. The lowest BCUT2D eigenvalue weighted by molar-refractivity contribution is 0.669. The highest BCUT2D eigenvalue weighted by atomic mass is 16.3. The van der Waals surface area contributed by atoms with Crippen molar-refractivity contribution in [2.24, 2.45) is 0 Å². The second-order valence-electron chi connectivity index (χ2n) is 14.5. The maximum Gasteiger partial charge on any atom is 0.137 e. The van der Waals surface area contributed by atoms with Gasteiger partial charge in [-0.2, -0.15) is 0 Å². The van der Waals surface area contributed by atoms with Gasteiger partial charge in [-0.15, -0.1) is 0 Å². The summed E-state index contributed by atoms with van der Waals surface area (Å²) in [5.74, 6) is 0. The molecule has 1 heterocycles. The third-order valence-electron chi connectivity index (χ3n) is 11.5. The summed E-state index contributed by atoms with van der Waals surface area (Å²) in [5.41, 5.74) is 14.6. The highest BCUT2D eigenvalue weighted by molar-refractivity contribution is 6.06. The third kappa shape index (κ3) is 4.89. The lowest BCUT2D eigenvalue weighted by atomic mass is 9.68. The van der Waals surface area contributed by atoms with Gasteiger partial charge in [0.2, 0.25) is 0 Å². The summed E-state index contributed by atoms with van der Waals surface area (Å²) in [7, 11) is 0. The molecule has 258 valence electrons. The molecule has 1 aliphatic rings. The zero-order valence-corrected chi connectivity index (χ0v) is 30.1. The highest BCUT2D eigenvalue weighted by Gasteiger charge is 2.45. The fourth-order valence-corrected chi connectivity index (χ4v) is 9.06. The van der Waals surface area contributed by atoms with Gasteiger partial charge in [0.1, 0.15) is 11.2 Å². The van der Waals surface area contributed by atoms with Gasteiger partial charge in [-0.25, -0.2) is 0 Å². The van der Waals surface area contributed by atoms with Crippen LogP contribution in [0.2, 0.25) is 0 Å². The molecule has 9 aromatic carbocycles. The van der Waals surface area contributed by atoms with Crippen LogP contribution in [0.25, 0.3) is 55.0 Å². The third-order valence-corrected chi connectivity index (χ3v) is 11.5. The van der Waals surface area contributed by atoms with E-state index in [1.807, 2.05) is 12.1 Å². The molecule has 0 N–H and O–H groups in total. The molecule has 55 heavy (non-hydrogen) atoms. The van der Waals surface area contributed by atoms with Crippen molar-refractivity contribution in [3.8, 4) is 22.3 Å². The molecule has 0 aliphatic heterocycles. The summed E-state index contributed by atoms with van der Waals surface area (Å²) < 4.78 is 6.43. The Morgan fingerprint density at radius 1 is 0.345 bits per heavy atom. The summed E-state index contributed by atoms with van der Waals surface area (Å²) in [6, 6.07) is 77.0. The van der Waals surface area contributed by atoms with Crippen LogP contribution in [0.15, 0.2) is 217 Å². The van der Waals surface area contributed by atoms with Crippen molar-refractivity contribution in [1.29, 1.82) is 0 Å². The maximum atomic E-state index is 6.43. The van der Waals surface area contributed by atoms with Gasteiger partial charge < -0.3 is 9.32 Å². The maximum absolute atomic E-state index is 6.43. The second kappa shape index (κ2) is 12.5. The Morgan fingerprint density at radius 3 is 1.65 bits per heavy atom. The molecule has 0 unspecified atom stereocenters. The van der Waals surface area contributed by atoms with Crippen molar-refractivity contribution in [2.75, 3.05) is 4.90 Å². The first-order chi connectivity index (χ1) is 27.3. The molecule has 0 amide bonds. The monoisotopic (exact) mass is 701 g/mol. The van der Waals surface area contributed by atoms with Gasteiger partial charge in [-0.1, -0.05) is 158 Å². The van der Waals surface area contributed by atoms with E-state index in [2.05, 4.69) is 205 Å². The van der Waals surface area contributed by atoms with Crippen molar-refractivity contribution in [3.05, 3.63) is 235 Å². The van der Waals surface area contributed by atoms with Crippen LogP contribution in [0.3, 0.4) is 0 Å². The summed E-state index contributed by atoms with van der Waals surface area (Å²) >= 11 is 0. The van der Waals surface area contributed by atoms with E-state index in [0.29, 0.717) is 0 Å². The van der Waals surface area contributed by atoms with Gasteiger partial charge >= 0.3 is 0 Å². The van der Waals surface area contributed by atoms with E-state index in [1.165, 1.54) is 55.3 Å². The quantitative estimate of drug-likeness (QED) is 0.172. The van der Waals surface area contributed by atoms with E-state index in [1.54, 1.807) is 0 Å². The van der Waals surface area contributed by atoms with E-state index in [0.717, 1.165) is 39.0 Å². The number of fused-ring (bicyclic) bond motifs is 7. The van der Waals surface area contributed by atoms with Crippen LogP contribution < -0.4 is 4.90 Å². The Labute approximate surface area is 320 Å². The van der Waals surface area contributed by atoms with E-state index >= 15 is 0 Å². The molecule has 0 fully saturated rings. The lowest BCUT2D eigenvalue weighted by Gasteiger charge is -2.34. The highest BCUT2D eigenvalue weighted by Crippen LogP contribution is 2.56. The summed E-state index contributed by atoms with van der Waals surface area (Å²) in [5, 5.41) is 4.63. The standard InChI is InChI=1S/C53H35NO/c1-3-13-36(14-4-1)37-23-24-39-34-43(28-25-38(39)33-37)54(44-31-32-48-47-19-9-12-22-51(47)55-52(48)35-44)42-29-26-41(27-30-42)53(40-15-5-2-6-16-40)49-20-10-7-17-45(49)46-18-8-11-21-50(46)53/h1-35H. The largest absolute Gasteiger partial charge is 0.456 e. The van der Waals surface area contributed by atoms with E-state index in [4.69, 9.17) is 4.42 Å². The topological polar surface area (TPSA) is 16.4 Å². The number of hydrogen-bond acceptors (Lipinski definition) is 2. The molecule has 1 aliphatic carbocycles. The molecule has 0 saturated heterocycles. The van der Waals surface area contributed by atoms with Gasteiger partial charge in [-0.3, -0.25) is 0 Å². The Morgan fingerprint density at radius 2 is 0.891 bits per heavy atom. The zero-order valence-electron chi connectivity index (χ0n) is 30.1. The van der Waals surface area contributed by atoms with Crippen LogP contribution in [0.4, 0.5) is 17.1 Å². The van der Waals surface area contributed by atoms with E-state index < -0.39 is 5.41 Å². The molecule has 10 aromatic rings. The Balaban J connectivity index is 1.09. The van der Waals surface area contributed by atoms with Crippen LogP contribution in [-0.2, 0) is 5.41 Å². The van der Waals surface area contributed by atoms with Crippen molar-refractivity contribution in [2.45, 2.75) is 5.41 Å². The number of benzene rings is 9. The number of rotatable bonds is 6. The van der Waals surface area contributed by atoms with E-state index in [9.17, 15) is 0 Å². The van der Waals surface area contributed by atoms with Crippen LogP contribution in [-0.4, -0.2) is 0 Å². The van der Waals surface area contributed by atoms with Crippen LogP contribution >= 0.6 is 0 Å². The van der Waals surface area contributed by atoms with Crippen molar-refractivity contribution in [3.63, 3.8) is 0 Å². The average Bonchev–Trinajstić information content (AvgIpc) is 3.78. The van der Waals surface area contributed by atoms with E-state index in [-0.39, 0.29) is 0 Å². The Hall–Kier alpha value is -7.16. The van der Waals surface area contributed by atoms with Crippen LogP contribution in [0, 0.1) is 0 Å². The minimum absolute atomic E-state index is 0.454. The minimum atomic E-state index is -0.454. The molecular weight excluding hydrogens is 667 g/mol. The number of furan rings is 1. The predicted octanol–water partition coefficient (Wildman–Crippen LogP) is 14.2. The number of hydrogen-bond donors (Lipinski definition) is 0. The molecular formula is C53H35NO. The molecule has 2 nitrogen and oxygen atoms in total. The van der Waals surface area contributed by atoms with Crippen molar-refractivity contribution < 1.29 is 4.42 Å². The van der Waals surface area contributed by atoms with Crippen molar-refractivity contribution >= 4 is 49.8 Å². The molecule has 1 aromatic heterocycles. The smallest absolute Gasteiger partial charge is 0.137 e. The first-order valence-corrected chi connectivity index (χ1v) is 18.9. The fraction of sp³-hybridized carbons (Fsp3) is 0.0189. The Kier molecular flexibility index (Phi) is 7.11. The number of nitrogens with zero attached hydrogens (tertiary/aromatic N) is 1. The molecule has 0 saturated carbocycles. The Bertz CT molecular complexity index is 2990. The lowest BCUT2D eigenvalue weighted by Crippen LogP contribution is -2.28. The SMILES string of the molecule is c1ccc(-c2ccc3cc(N(c4ccc(C5(c6ccccc6)c6ccccc6-c6ccccc65)cc4)c4ccc5c(c4)oc4ccccc45)ccc3c2)cc1. The zero-order chi connectivity index (χ0) is 36.3. The molecule has 11 rings (SSSR count). The number of anilines is 3. The summed E-state index contributed by atoms with van der Waals surface area (Å²) in [6.45, 7) is 0.